The van der Waals surface area contributed by atoms with Gasteiger partial charge in [0.15, 0.2) is 0 Å². The molecule has 1 atom stereocenters. The van der Waals surface area contributed by atoms with Crippen LogP contribution in [-0.2, 0) is 0 Å². The topological polar surface area (TPSA) is 76.1 Å². The lowest BCUT2D eigenvalue weighted by molar-refractivity contribution is 0.480. The number of hydrogen-bond acceptors (Lipinski definition) is 4. The van der Waals surface area contributed by atoms with E-state index in [0.717, 1.165) is 19.6 Å². The van der Waals surface area contributed by atoms with Gasteiger partial charge in [-0.3, -0.25) is 10.9 Å². The average molecular weight is 216 g/mol. The maximum absolute atomic E-state index is 5.59. The van der Waals surface area contributed by atoms with Crippen molar-refractivity contribution in [3.05, 3.63) is 0 Å². The van der Waals surface area contributed by atoms with Crippen LogP contribution in [0, 0.1) is 0 Å². The van der Waals surface area contributed by atoms with Crippen molar-refractivity contribution in [1.82, 2.24) is 10.9 Å². The van der Waals surface area contributed by atoms with Gasteiger partial charge >= 0.3 is 0 Å². The van der Waals surface area contributed by atoms with Gasteiger partial charge < -0.3 is 11.5 Å². The van der Waals surface area contributed by atoms with Crippen LogP contribution in [0.25, 0.3) is 0 Å². The van der Waals surface area contributed by atoms with Gasteiger partial charge in [-0.1, -0.05) is 25.7 Å². The van der Waals surface area contributed by atoms with E-state index in [-0.39, 0.29) is 6.04 Å². The summed E-state index contributed by atoms with van der Waals surface area (Å²) in [6.45, 7) is 4.69. The second kappa shape index (κ2) is 11.9. The Labute approximate surface area is 94.1 Å². The molecule has 0 saturated carbocycles. The zero-order valence-corrected chi connectivity index (χ0v) is 10.1. The fourth-order valence-electron chi connectivity index (χ4n) is 1.39. The highest BCUT2D eigenvalue weighted by molar-refractivity contribution is 4.54. The summed E-state index contributed by atoms with van der Waals surface area (Å²) < 4.78 is 0. The Morgan fingerprint density at radius 2 is 1.53 bits per heavy atom. The van der Waals surface area contributed by atoms with Crippen molar-refractivity contribution in [2.75, 3.05) is 19.6 Å². The highest BCUT2D eigenvalue weighted by Gasteiger charge is 1.92. The van der Waals surface area contributed by atoms with Crippen molar-refractivity contribution in [2.24, 2.45) is 11.5 Å². The average Bonchev–Trinajstić information content (AvgIpc) is 2.20. The molecule has 0 aliphatic rings. The summed E-state index contributed by atoms with van der Waals surface area (Å²) in [4.78, 5) is 0. The monoisotopic (exact) mass is 216 g/mol. The Hall–Kier alpha value is -0.160. The molecule has 0 spiro atoms. The minimum absolute atomic E-state index is 0.216. The largest absolute Gasteiger partial charge is 0.330 e. The van der Waals surface area contributed by atoms with Gasteiger partial charge in [0.2, 0.25) is 0 Å². The van der Waals surface area contributed by atoms with Gasteiger partial charge in [-0.2, -0.15) is 0 Å². The van der Waals surface area contributed by atoms with Crippen molar-refractivity contribution < 1.29 is 0 Å². The lowest BCUT2D eigenvalue weighted by Crippen LogP contribution is -2.40. The van der Waals surface area contributed by atoms with Crippen molar-refractivity contribution in [3.63, 3.8) is 0 Å². The third-order valence-corrected chi connectivity index (χ3v) is 2.30. The maximum Gasteiger partial charge on any atom is 0.0249 e. The molecule has 0 amide bonds. The standard InChI is InChI=1S/C11H28N4/c1-11(13)10-15-14-9-7-5-3-2-4-6-8-12/h11,14-15H,2-10,12-13H2,1H3. The number of hydrogen-bond donors (Lipinski definition) is 4. The lowest BCUT2D eigenvalue weighted by Gasteiger charge is -2.08. The number of nitrogens with two attached hydrogens (primary N) is 2. The molecule has 0 aliphatic carbocycles. The van der Waals surface area contributed by atoms with E-state index >= 15 is 0 Å². The molecule has 0 aromatic rings. The zero-order chi connectivity index (χ0) is 11.4. The van der Waals surface area contributed by atoms with Crippen molar-refractivity contribution in [3.8, 4) is 0 Å². The van der Waals surface area contributed by atoms with Crippen LogP contribution in [0.2, 0.25) is 0 Å². The molecule has 0 heterocycles. The number of rotatable bonds is 11. The molecule has 0 aliphatic heterocycles. The van der Waals surface area contributed by atoms with E-state index in [2.05, 4.69) is 10.9 Å². The third-order valence-electron chi connectivity index (χ3n) is 2.30. The van der Waals surface area contributed by atoms with Gasteiger partial charge in [-0.15, -0.1) is 0 Å². The van der Waals surface area contributed by atoms with Crippen LogP contribution in [0.4, 0.5) is 0 Å². The molecule has 0 radical (unpaired) electrons. The van der Waals surface area contributed by atoms with Gasteiger partial charge in [0.1, 0.15) is 0 Å². The van der Waals surface area contributed by atoms with Crippen LogP contribution < -0.4 is 22.3 Å². The Kier molecular flexibility index (Phi) is 11.8. The molecule has 0 aromatic carbocycles. The molecular weight excluding hydrogens is 188 g/mol. The Morgan fingerprint density at radius 1 is 0.933 bits per heavy atom. The molecule has 0 saturated heterocycles. The molecular formula is C11H28N4. The smallest absolute Gasteiger partial charge is 0.0249 e. The molecule has 6 N–H and O–H groups in total. The fourth-order valence-corrected chi connectivity index (χ4v) is 1.39. The summed E-state index contributed by atoms with van der Waals surface area (Å²) in [7, 11) is 0. The predicted molar refractivity (Wildman–Crippen MR) is 66.4 cm³/mol. The maximum atomic E-state index is 5.59. The summed E-state index contributed by atoms with van der Waals surface area (Å²) in [6, 6.07) is 0.216. The molecule has 0 rings (SSSR count). The minimum atomic E-state index is 0.216. The number of unbranched alkanes of at least 4 members (excludes halogenated alkanes) is 5. The second-order valence-corrected chi connectivity index (χ2v) is 4.19. The van der Waals surface area contributed by atoms with E-state index < -0.39 is 0 Å². The third kappa shape index (κ3) is 13.8. The second-order valence-electron chi connectivity index (χ2n) is 4.19. The normalized spacial score (nSPS) is 13.0. The van der Waals surface area contributed by atoms with E-state index in [1.807, 2.05) is 6.92 Å². The van der Waals surface area contributed by atoms with Gasteiger partial charge in [0, 0.05) is 19.1 Å². The van der Waals surface area contributed by atoms with E-state index in [1.54, 1.807) is 0 Å². The molecule has 0 aromatic heterocycles. The molecule has 0 bridgehead atoms. The van der Waals surface area contributed by atoms with Gasteiger partial charge in [-0.05, 0) is 26.3 Å². The van der Waals surface area contributed by atoms with Crippen LogP contribution in [0.5, 0.6) is 0 Å². The van der Waals surface area contributed by atoms with Crippen LogP contribution in [-0.4, -0.2) is 25.7 Å². The first-order chi connectivity index (χ1) is 7.27. The first-order valence-electron chi connectivity index (χ1n) is 6.18. The number of hydrazine groups is 1. The summed E-state index contributed by atoms with van der Waals surface area (Å²) in [5, 5.41) is 0. The number of nitrogens with one attached hydrogen (secondary N) is 2. The SMILES string of the molecule is CC(N)CNNCCCCCCCCN. The Bertz CT molecular complexity index is 117. The van der Waals surface area contributed by atoms with Crippen LogP contribution in [0.1, 0.15) is 45.4 Å². The van der Waals surface area contributed by atoms with E-state index in [9.17, 15) is 0 Å². The lowest BCUT2D eigenvalue weighted by atomic mass is 10.1. The zero-order valence-electron chi connectivity index (χ0n) is 10.1. The van der Waals surface area contributed by atoms with E-state index in [0.29, 0.717) is 0 Å². The highest BCUT2D eigenvalue weighted by Crippen LogP contribution is 2.03. The summed E-state index contributed by atoms with van der Waals surface area (Å²) in [6.07, 6.45) is 7.65. The summed E-state index contributed by atoms with van der Waals surface area (Å²) in [5.74, 6) is 0. The van der Waals surface area contributed by atoms with Crippen molar-refractivity contribution in [1.29, 1.82) is 0 Å². The molecule has 4 nitrogen and oxygen atoms in total. The highest BCUT2D eigenvalue weighted by atomic mass is 15.3. The minimum Gasteiger partial charge on any atom is -0.330 e. The Morgan fingerprint density at radius 3 is 2.13 bits per heavy atom. The molecule has 4 heteroatoms. The molecule has 15 heavy (non-hydrogen) atoms. The van der Waals surface area contributed by atoms with Gasteiger partial charge in [0.25, 0.3) is 0 Å². The van der Waals surface area contributed by atoms with Crippen LogP contribution in [0.3, 0.4) is 0 Å². The van der Waals surface area contributed by atoms with Crippen molar-refractivity contribution >= 4 is 0 Å². The van der Waals surface area contributed by atoms with Gasteiger partial charge in [0.05, 0.1) is 0 Å². The quantitative estimate of drug-likeness (QED) is 0.303. The first kappa shape index (κ1) is 14.8. The Balaban J connectivity index is 2.87. The van der Waals surface area contributed by atoms with E-state index in [1.165, 1.54) is 38.5 Å². The fraction of sp³-hybridized carbons (Fsp3) is 1.00. The summed E-state index contributed by atoms with van der Waals surface area (Å²) >= 11 is 0. The summed E-state index contributed by atoms with van der Waals surface area (Å²) in [5.41, 5.74) is 17.3. The van der Waals surface area contributed by atoms with E-state index in [4.69, 9.17) is 11.5 Å². The molecule has 92 valence electrons. The first-order valence-corrected chi connectivity index (χ1v) is 6.18. The van der Waals surface area contributed by atoms with Crippen LogP contribution in [0.15, 0.2) is 0 Å². The van der Waals surface area contributed by atoms with Gasteiger partial charge in [-0.25, -0.2) is 0 Å². The van der Waals surface area contributed by atoms with Crippen molar-refractivity contribution in [2.45, 2.75) is 51.5 Å². The molecule has 1 unspecified atom stereocenters. The van der Waals surface area contributed by atoms with Crippen LogP contribution >= 0.6 is 0 Å². The molecule has 0 fully saturated rings. The predicted octanol–water partition coefficient (Wildman–Crippen LogP) is 0.727.